The van der Waals surface area contributed by atoms with E-state index in [0.29, 0.717) is 11.4 Å². The predicted molar refractivity (Wildman–Crippen MR) is 260 cm³/mol. The van der Waals surface area contributed by atoms with Gasteiger partial charge in [0.2, 0.25) is 0 Å². The van der Waals surface area contributed by atoms with E-state index in [2.05, 4.69) is 190 Å². The van der Waals surface area contributed by atoms with E-state index in [-0.39, 0.29) is 0 Å². The highest BCUT2D eigenvalue weighted by atomic mass is 15.0. The number of pyridine rings is 1. The molecule has 8 aromatic carbocycles. The molecule has 0 fully saturated rings. The van der Waals surface area contributed by atoms with Crippen LogP contribution in [0, 0.1) is 11.3 Å². The third-order valence-electron chi connectivity index (χ3n) is 12.3. The zero-order valence-corrected chi connectivity index (χ0v) is 34.5. The van der Waals surface area contributed by atoms with Crippen molar-refractivity contribution in [1.82, 2.24) is 24.1 Å². The molecule has 4 heterocycles. The molecule has 0 spiro atoms. The summed E-state index contributed by atoms with van der Waals surface area (Å²) in [6, 6.07) is 74.3. The Hall–Kier alpha value is -8.92. The molecular formula is C58H36N6. The van der Waals surface area contributed by atoms with Gasteiger partial charge >= 0.3 is 0 Å². The lowest BCUT2D eigenvalue weighted by atomic mass is 9.98. The Labute approximate surface area is 369 Å². The van der Waals surface area contributed by atoms with Crippen molar-refractivity contribution in [2.45, 2.75) is 0 Å². The van der Waals surface area contributed by atoms with Gasteiger partial charge in [-0.3, -0.25) is 4.98 Å². The Balaban J connectivity index is 1.11. The lowest BCUT2D eigenvalue weighted by Crippen LogP contribution is -2.02. The van der Waals surface area contributed by atoms with E-state index in [0.717, 1.165) is 94.5 Å². The molecule has 0 aliphatic heterocycles. The zero-order valence-electron chi connectivity index (χ0n) is 34.5. The van der Waals surface area contributed by atoms with Crippen molar-refractivity contribution in [2.24, 2.45) is 0 Å². The lowest BCUT2D eigenvalue weighted by Gasteiger charge is -2.17. The lowest BCUT2D eigenvalue weighted by molar-refractivity contribution is 1.14. The minimum Gasteiger partial charge on any atom is -0.309 e. The Morgan fingerprint density at radius 3 is 1.44 bits per heavy atom. The van der Waals surface area contributed by atoms with Gasteiger partial charge in [0.15, 0.2) is 5.82 Å². The van der Waals surface area contributed by atoms with Crippen LogP contribution in [0.4, 0.5) is 0 Å². The largest absolute Gasteiger partial charge is 0.309 e. The van der Waals surface area contributed by atoms with Crippen molar-refractivity contribution in [3.63, 3.8) is 0 Å². The van der Waals surface area contributed by atoms with Gasteiger partial charge in [0, 0.05) is 56.2 Å². The fraction of sp³-hybridized carbons (Fsp3) is 0. The Bertz CT molecular complexity index is 3680. The molecule has 4 aromatic heterocycles. The summed E-state index contributed by atoms with van der Waals surface area (Å²) in [5, 5.41) is 14.6. The summed E-state index contributed by atoms with van der Waals surface area (Å²) < 4.78 is 4.68. The maximum absolute atomic E-state index is 9.92. The van der Waals surface area contributed by atoms with Crippen LogP contribution in [0.3, 0.4) is 0 Å². The van der Waals surface area contributed by atoms with Crippen molar-refractivity contribution >= 4 is 43.6 Å². The summed E-state index contributed by atoms with van der Waals surface area (Å²) in [5.74, 6) is 0.640. The van der Waals surface area contributed by atoms with Crippen molar-refractivity contribution in [3.05, 3.63) is 224 Å². The molecule has 64 heavy (non-hydrogen) atoms. The molecule has 298 valence electrons. The number of aromatic nitrogens is 5. The van der Waals surface area contributed by atoms with Gasteiger partial charge in [-0.1, -0.05) is 127 Å². The topological polar surface area (TPSA) is 72.3 Å². The molecule has 0 radical (unpaired) electrons. The van der Waals surface area contributed by atoms with Crippen LogP contribution in [-0.4, -0.2) is 24.1 Å². The molecule has 0 amide bonds. The number of hydrogen-bond donors (Lipinski definition) is 0. The number of benzene rings is 8. The second kappa shape index (κ2) is 15.2. The summed E-state index contributed by atoms with van der Waals surface area (Å²) in [6.45, 7) is 0. The Morgan fingerprint density at radius 1 is 0.359 bits per heavy atom. The standard InChI is InChI=1S/C58H36N6/c59-37-38-23-26-55(47(33-38)39-29-31-60-32-30-39)64-54-22-12-9-19-46(54)48-34-42(24-27-56(48)64)43-25-28-57(63-52-20-10-7-17-44(52)45-18-8-11-21-53(45)63)49(35-43)58-61-50(40-13-3-1-4-14-40)36-51(62-58)41-15-5-2-6-16-41/h1-36H. The number of hydrogen-bond acceptors (Lipinski definition) is 4. The average molecular weight is 817 g/mol. The molecule has 0 atom stereocenters. The number of rotatable bonds is 7. The van der Waals surface area contributed by atoms with Gasteiger partial charge in [0.25, 0.3) is 0 Å². The number of nitrogens with zero attached hydrogens (tertiary/aromatic N) is 6. The normalized spacial score (nSPS) is 11.4. The maximum Gasteiger partial charge on any atom is 0.162 e. The monoisotopic (exact) mass is 816 g/mol. The summed E-state index contributed by atoms with van der Waals surface area (Å²) >= 11 is 0. The molecule has 0 saturated heterocycles. The van der Waals surface area contributed by atoms with Crippen LogP contribution >= 0.6 is 0 Å². The van der Waals surface area contributed by atoms with Gasteiger partial charge in [-0.05, 0) is 95.6 Å². The number of fused-ring (bicyclic) bond motifs is 6. The predicted octanol–water partition coefficient (Wildman–Crippen LogP) is 14.3. The first-order valence-corrected chi connectivity index (χ1v) is 21.3. The summed E-state index contributed by atoms with van der Waals surface area (Å²) in [6.07, 6.45) is 3.59. The van der Waals surface area contributed by atoms with E-state index >= 15 is 0 Å². The molecule has 6 heteroatoms. The number of nitriles is 1. The molecule has 0 aliphatic carbocycles. The third-order valence-corrected chi connectivity index (χ3v) is 12.3. The highest BCUT2D eigenvalue weighted by Gasteiger charge is 2.21. The van der Waals surface area contributed by atoms with Gasteiger partial charge in [-0.25, -0.2) is 9.97 Å². The second-order valence-corrected chi connectivity index (χ2v) is 16.0. The first-order valence-electron chi connectivity index (χ1n) is 21.3. The quantitative estimate of drug-likeness (QED) is 0.161. The van der Waals surface area contributed by atoms with Crippen LogP contribution in [0.5, 0.6) is 0 Å². The van der Waals surface area contributed by atoms with Gasteiger partial charge in [-0.2, -0.15) is 5.26 Å². The van der Waals surface area contributed by atoms with Crippen LogP contribution < -0.4 is 0 Å². The Kier molecular flexibility index (Phi) is 8.77. The highest BCUT2D eigenvalue weighted by Crippen LogP contribution is 2.41. The van der Waals surface area contributed by atoms with Gasteiger partial charge in [0.1, 0.15) is 0 Å². The number of para-hydroxylation sites is 3. The average Bonchev–Trinajstić information content (AvgIpc) is 3.89. The Morgan fingerprint density at radius 2 is 0.844 bits per heavy atom. The first kappa shape index (κ1) is 36.9. The molecule has 0 bridgehead atoms. The minimum atomic E-state index is 0.605. The summed E-state index contributed by atoms with van der Waals surface area (Å²) in [4.78, 5) is 15.0. The molecule has 0 saturated carbocycles. The van der Waals surface area contributed by atoms with Crippen molar-refractivity contribution in [3.8, 4) is 73.6 Å². The molecule has 12 rings (SSSR count). The second-order valence-electron chi connectivity index (χ2n) is 16.0. The van der Waals surface area contributed by atoms with Crippen LogP contribution in [0.15, 0.2) is 219 Å². The zero-order chi connectivity index (χ0) is 42.6. The first-order chi connectivity index (χ1) is 31.7. The van der Waals surface area contributed by atoms with E-state index < -0.39 is 0 Å². The smallest absolute Gasteiger partial charge is 0.162 e. The van der Waals surface area contributed by atoms with Crippen LogP contribution in [-0.2, 0) is 0 Å². The SMILES string of the molecule is N#Cc1ccc(-n2c3ccccc3c3cc(-c4ccc(-n5c6ccccc6c6ccccc65)c(-c5nc(-c6ccccc6)cc(-c6ccccc6)n5)c4)ccc32)c(-c2ccncc2)c1. The molecule has 0 aliphatic rings. The molecule has 12 aromatic rings. The summed E-state index contributed by atoms with van der Waals surface area (Å²) in [5.41, 5.74) is 15.7. The third kappa shape index (κ3) is 6.14. The molecular weight excluding hydrogens is 781 g/mol. The highest BCUT2D eigenvalue weighted by molar-refractivity contribution is 6.12. The van der Waals surface area contributed by atoms with Crippen molar-refractivity contribution in [2.75, 3.05) is 0 Å². The van der Waals surface area contributed by atoms with Crippen LogP contribution in [0.25, 0.3) is 111 Å². The van der Waals surface area contributed by atoms with E-state index in [1.807, 2.05) is 36.4 Å². The van der Waals surface area contributed by atoms with E-state index in [9.17, 15) is 5.26 Å². The van der Waals surface area contributed by atoms with E-state index in [4.69, 9.17) is 9.97 Å². The molecule has 0 unspecified atom stereocenters. The summed E-state index contributed by atoms with van der Waals surface area (Å²) in [7, 11) is 0. The molecule has 0 N–H and O–H groups in total. The van der Waals surface area contributed by atoms with E-state index in [1.54, 1.807) is 12.4 Å². The van der Waals surface area contributed by atoms with Crippen molar-refractivity contribution < 1.29 is 0 Å². The fourth-order valence-corrected chi connectivity index (χ4v) is 9.33. The van der Waals surface area contributed by atoms with Gasteiger partial charge in [-0.15, -0.1) is 0 Å². The maximum atomic E-state index is 9.92. The minimum absolute atomic E-state index is 0.605. The van der Waals surface area contributed by atoms with Gasteiger partial charge in [0.05, 0.1) is 56.5 Å². The fourth-order valence-electron chi connectivity index (χ4n) is 9.33. The van der Waals surface area contributed by atoms with Crippen LogP contribution in [0.1, 0.15) is 5.56 Å². The van der Waals surface area contributed by atoms with Crippen LogP contribution in [0.2, 0.25) is 0 Å². The molecule has 6 nitrogen and oxygen atoms in total. The van der Waals surface area contributed by atoms with Gasteiger partial charge < -0.3 is 9.13 Å². The van der Waals surface area contributed by atoms with E-state index in [1.165, 1.54) is 10.8 Å². The van der Waals surface area contributed by atoms with Crippen molar-refractivity contribution in [1.29, 1.82) is 5.26 Å².